The zero-order valence-corrected chi connectivity index (χ0v) is 8.96. The van der Waals surface area contributed by atoms with Crippen LogP contribution in [0, 0.1) is 0 Å². The Morgan fingerprint density at radius 2 is 1.62 bits per heavy atom. The number of rotatable bonds is 2. The molecule has 1 atom stereocenters. The molecule has 0 aliphatic carbocycles. The van der Waals surface area contributed by atoms with Crippen LogP contribution in [0.15, 0.2) is 30.3 Å². The number of nitrogens with two attached hydrogens (primary N) is 1. The third kappa shape index (κ3) is 5.42. The minimum absolute atomic E-state index is 0.487. The first-order valence-electron chi connectivity index (χ1n) is 5.01. The maximum Gasteiger partial charge on any atom is -0.00109 e. The number of hydrogen-bond acceptors (Lipinski definition) is 1. The summed E-state index contributed by atoms with van der Waals surface area (Å²) in [7, 11) is 0. The third-order valence-corrected chi connectivity index (χ3v) is 1.72. The molecule has 0 fully saturated rings. The van der Waals surface area contributed by atoms with Crippen molar-refractivity contribution in [2.45, 2.75) is 33.1 Å². The Kier molecular flexibility index (Phi) is 7.32. The first-order chi connectivity index (χ1) is 6.26. The summed E-state index contributed by atoms with van der Waals surface area (Å²) in [4.78, 5) is 0. The molecule has 74 valence electrons. The highest BCUT2D eigenvalue weighted by Gasteiger charge is 1.99. The highest BCUT2D eigenvalue weighted by Crippen LogP contribution is 2.11. The molecular weight excluding hydrogens is 158 g/mol. The average molecular weight is 179 g/mol. The van der Waals surface area contributed by atoms with E-state index in [0.717, 1.165) is 6.54 Å². The van der Waals surface area contributed by atoms with Crippen molar-refractivity contribution in [3.05, 3.63) is 35.9 Å². The largest absolute Gasteiger partial charge is 0.330 e. The van der Waals surface area contributed by atoms with E-state index in [0.29, 0.717) is 5.92 Å². The van der Waals surface area contributed by atoms with Crippen LogP contribution in [-0.2, 0) is 0 Å². The topological polar surface area (TPSA) is 26.0 Å². The normalized spacial score (nSPS) is 11.4. The SMILES string of the molecule is CC(CN)c1ccccc1.CCC. The second kappa shape index (κ2) is 7.81. The molecule has 1 unspecified atom stereocenters. The van der Waals surface area contributed by atoms with Crippen molar-refractivity contribution in [1.29, 1.82) is 0 Å². The lowest BCUT2D eigenvalue weighted by Crippen LogP contribution is -2.08. The first-order valence-corrected chi connectivity index (χ1v) is 5.01. The smallest absolute Gasteiger partial charge is 0.00109 e. The zero-order valence-electron chi connectivity index (χ0n) is 8.96. The van der Waals surface area contributed by atoms with Gasteiger partial charge in [0.2, 0.25) is 0 Å². The van der Waals surface area contributed by atoms with Crippen molar-refractivity contribution in [1.82, 2.24) is 0 Å². The first kappa shape index (κ1) is 12.2. The van der Waals surface area contributed by atoms with Gasteiger partial charge in [-0.25, -0.2) is 0 Å². The Morgan fingerprint density at radius 3 is 2.00 bits per heavy atom. The highest BCUT2D eigenvalue weighted by atomic mass is 14.5. The van der Waals surface area contributed by atoms with Crippen molar-refractivity contribution >= 4 is 0 Å². The summed E-state index contributed by atoms with van der Waals surface area (Å²) < 4.78 is 0. The van der Waals surface area contributed by atoms with Gasteiger partial charge in [0.1, 0.15) is 0 Å². The molecule has 0 bridgehead atoms. The second-order valence-electron chi connectivity index (χ2n) is 3.25. The third-order valence-electron chi connectivity index (χ3n) is 1.72. The van der Waals surface area contributed by atoms with Gasteiger partial charge in [0.05, 0.1) is 0 Å². The molecule has 0 heterocycles. The predicted octanol–water partition coefficient (Wildman–Crippen LogP) is 3.17. The summed E-state index contributed by atoms with van der Waals surface area (Å²) in [6.45, 7) is 7.11. The molecular formula is C12H21N. The van der Waals surface area contributed by atoms with Gasteiger partial charge in [0.15, 0.2) is 0 Å². The van der Waals surface area contributed by atoms with Crippen molar-refractivity contribution in [2.24, 2.45) is 5.73 Å². The van der Waals surface area contributed by atoms with Gasteiger partial charge in [0, 0.05) is 0 Å². The van der Waals surface area contributed by atoms with Crippen LogP contribution in [0.2, 0.25) is 0 Å². The molecule has 0 spiro atoms. The fraction of sp³-hybridized carbons (Fsp3) is 0.500. The Hall–Kier alpha value is -0.820. The molecule has 0 aliphatic rings. The van der Waals surface area contributed by atoms with E-state index >= 15 is 0 Å². The Bertz CT molecular complexity index is 194. The minimum Gasteiger partial charge on any atom is -0.330 e. The van der Waals surface area contributed by atoms with Crippen molar-refractivity contribution in [3.63, 3.8) is 0 Å². The lowest BCUT2D eigenvalue weighted by atomic mass is 10.0. The molecule has 0 aliphatic heterocycles. The van der Waals surface area contributed by atoms with Crippen LogP contribution in [0.3, 0.4) is 0 Å². The molecule has 0 radical (unpaired) electrons. The summed E-state index contributed by atoms with van der Waals surface area (Å²) in [6, 6.07) is 10.3. The van der Waals surface area contributed by atoms with Crippen LogP contribution >= 0.6 is 0 Å². The number of hydrogen-bond donors (Lipinski definition) is 1. The van der Waals surface area contributed by atoms with Crippen molar-refractivity contribution in [3.8, 4) is 0 Å². The van der Waals surface area contributed by atoms with Crippen LogP contribution in [0.1, 0.15) is 38.7 Å². The monoisotopic (exact) mass is 179 g/mol. The van der Waals surface area contributed by atoms with Crippen molar-refractivity contribution in [2.75, 3.05) is 6.54 Å². The van der Waals surface area contributed by atoms with Crippen LogP contribution < -0.4 is 5.73 Å². The van der Waals surface area contributed by atoms with Crippen molar-refractivity contribution < 1.29 is 0 Å². The van der Waals surface area contributed by atoms with Crippen LogP contribution in [0.5, 0.6) is 0 Å². The fourth-order valence-electron chi connectivity index (χ4n) is 0.918. The molecule has 1 heteroatoms. The Labute approximate surface area is 82.0 Å². The van der Waals surface area contributed by atoms with Gasteiger partial charge < -0.3 is 5.73 Å². The lowest BCUT2D eigenvalue weighted by molar-refractivity contribution is 0.774. The van der Waals surface area contributed by atoms with E-state index in [4.69, 9.17) is 5.73 Å². The van der Waals surface area contributed by atoms with E-state index in [2.05, 4.69) is 32.9 Å². The molecule has 1 rings (SSSR count). The van der Waals surface area contributed by atoms with Crippen LogP contribution in [-0.4, -0.2) is 6.54 Å². The van der Waals surface area contributed by atoms with E-state index in [1.54, 1.807) is 0 Å². The highest BCUT2D eigenvalue weighted by molar-refractivity contribution is 5.18. The minimum atomic E-state index is 0.487. The maximum atomic E-state index is 5.50. The Morgan fingerprint density at radius 1 is 1.15 bits per heavy atom. The maximum absolute atomic E-state index is 5.50. The van der Waals surface area contributed by atoms with Crippen LogP contribution in [0.4, 0.5) is 0 Å². The van der Waals surface area contributed by atoms with Gasteiger partial charge in [-0.05, 0) is 18.0 Å². The van der Waals surface area contributed by atoms with Gasteiger partial charge in [-0.1, -0.05) is 57.5 Å². The summed E-state index contributed by atoms with van der Waals surface area (Å²) in [5.41, 5.74) is 6.83. The summed E-state index contributed by atoms with van der Waals surface area (Å²) >= 11 is 0. The lowest BCUT2D eigenvalue weighted by Gasteiger charge is -2.06. The van der Waals surface area contributed by atoms with Gasteiger partial charge in [-0.2, -0.15) is 0 Å². The molecule has 0 saturated heterocycles. The van der Waals surface area contributed by atoms with E-state index in [9.17, 15) is 0 Å². The molecule has 0 aromatic heterocycles. The molecule has 1 aromatic rings. The van der Waals surface area contributed by atoms with Gasteiger partial charge in [-0.3, -0.25) is 0 Å². The van der Waals surface area contributed by atoms with E-state index < -0.39 is 0 Å². The predicted molar refractivity (Wildman–Crippen MR) is 59.9 cm³/mol. The molecule has 0 amide bonds. The molecule has 2 N–H and O–H groups in total. The molecule has 1 nitrogen and oxygen atoms in total. The summed E-state index contributed by atoms with van der Waals surface area (Å²) in [6.07, 6.45) is 1.25. The quantitative estimate of drug-likeness (QED) is 0.741. The molecule has 13 heavy (non-hydrogen) atoms. The van der Waals surface area contributed by atoms with E-state index in [1.165, 1.54) is 12.0 Å². The molecule has 0 saturated carbocycles. The van der Waals surface area contributed by atoms with E-state index in [1.807, 2.05) is 18.2 Å². The molecule has 1 aromatic carbocycles. The van der Waals surface area contributed by atoms with Gasteiger partial charge in [0.25, 0.3) is 0 Å². The average Bonchev–Trinajstić information content (AvgIpc) is 2.19. The summed E-state index contributed by atoms with van der Waals surface area (Å²) in [5, 5.41) is 0. The number of benzene rings is 1. The van der Waals surface area contributed by atoms with E-state index in [-0.39, 0.29) is 0 Å². The fourth-order valence-corrected chi connectivity index (χ4v) is 0.918. The second-order valence-corrected chi connectivity index (χ2v) is 3.25. The summed E-state index contributed by atoms with van der Waals surface area (Å²) in [5.74, 6) is 0.487. The van der Waals surface area contributed by atoms with Gasteiger partial charge >= 0.3 is 0 Å². The standard InChI is InChI=1S/C9H13N.C3H8/c1-8(7-10)9-5-3-2-4-6-9;1-3-2/h2-6,8H,7,10H2,1H3;3H2,1-2H3. The van der Waals surface area contributed by atoms with Crippen LogP contribution in [0.25, 0.3) is 0 Å². The van der Waals surface area contributed by atoms with Gasteiger partial charge in [-0.15, -0.1) is 0 Å². The Balaban J connectivity index is 0.000000424. The zero-order chi connectivity index (χ0) is 10.1.